The van der Waals surface area contributed by atoms with Gasteiger partial charge in [-0.25, -0.2) is 4.39 Å². The van der Waals surface area contributed by atoms with Crippen molar-refractivity contribution < 1.29 is 4.39 Å². The summed E-state index contributed by atoms with van der Waals surface area (Å²) < 4.78 is 13.8. The minimum absolute atomic E-state index is 0.186. The molecule has 1 atom stereocenters. The molecule has 2 rings (SSSR count). The van der Waals surface area contributed by atoms with Gasteiger partial charge in [0.1, 0.15) is 5.82 Å². The zero-order valence-electron chi connectivity index (χ0n) is 11.7. The second kappa shape index (κ2) is 6.95. The highest BCUT2D eigenvalue weighted by Gasteiger charge is 2.12. The van der Waals surface area contributed by atoms with E-state index in [2.05, 4.69) is 39.2 Å². The smallest absolute Gasteiger partial charge is 0.137 e. The minimum Gasteiger partial charge on any atom is -0.310 e. The van der Waals surface area contributed by atoms with Gasteiger partial charge < -0.3 is 5.32 Å². The van der Waals surface area contributed by atoms with E-state index in [1.807, 2.05) is 31.3 Å². The van der Waals surface area contributed by atoms with E-state index in [1.165, 1.54) is 6.07 Å². The Morgan fingerprint density at radius 1 is 1.30 bits per heavy atom. The third-order valence-electron chi connectivity index (χ3n) is 3.21. The van der Waals surface area contributed by atoms with Gasteiger partial charge >= 0.3 is 0 Å². The molecule has 0 fully saturated rings. The lowest BCUT2D eigenvalue weighted by Crippen LogP contribution is -2.23. The standard InChI is InChI=1S/C16H18BrFN2/c1-3-19-16(13-6-4-11(2)20-10-13)9-12-5-7-15(18)14(17)8-12/h4-8,10,16,19H,3,9H2,1-2H3. The first-order valence-corrected chi connectivity index (χ1v) is 7.49. The Bertz CT molecular complexity index is 569. The number of aromatic nitrogens is 1. The van der Waals surface area contributed by atoms with Gasteiger partial charge in [-0.15, -0.1) is 0 Å². The Labute approximate surface area is 127 Å². The molecule has 0 amide bonds. The van der Waals surface area contributed by atoms with E-state index in [0.717, 1.165) is 29.8 Å². The summed E-state index contributed by atoms with van der Waals surface area (Å²) in [7, 11) is 0. The minimum atomic E-state index is -0.231. The number of rotatable bonds is 5. The fourth-order valence-corrected chi connectivity index (χ4v) is 2.57. The number of hydrogen-bond donors (Lipinski definition) is 1. The molecule has 4 heteroatoms. The summed E-state index contributed by atoms with van der Waals surface area (Å²) in [4.78, 5) is 4.35. The molecule has 1 N–H and O–H groups in total. The van der Waals surface area contributed by atoms with Crippen LogP contribution in [0.2, 0.25) is 0 Å². The first-order valence-electron chi connectivity index (χ1n) is 6.70. The zero-order valence-corrected chi connectivity index (χ0v) is 13.2. The number of likely N-dealkylation sites (N-methyl/N-ethyl adjacent to an activating group) is 1. The number of aryl methyl sites for hydroxylation is 1. The molecular weight excluding hydrogens is 319 g/mol. The van der Waals surface area contributed by atoms with Crippen LogP contribution in [0.5, 0.6) is 0 Å². The number of hydrogen-bond acceptors (Lipinski definition) is 2. The van der Waals surface area contributed by atoms with E-state index < -0.39 is 0 Å². The van der Waals surface area contributed by atoms with Crippen LogP contribution < -0.4 is 5.32 Å². The lowest BCUT2D eigenvalue weighted by molar-refractivity contribution is 0.546. The number of nitrogens with zero attached hydrogens (tertiary/aromatic N) is 1. The predicted molar refractivity (Wildman–Crippen MR) is 83.2 cm³/mol. The summed E-state index contributed by atoms with van der Waals surface area (Å²) in [6.45, 7) is 4.93. The van der Waals surface area contributed by atoms with Gasteiger partial charge in [-0.1, -0.05) is 19.1 Å². The number of benzene rings is 1. The number of pyridine rings is 1. The van der Waals surface area contributed by atoms with Crippen molar-refractivity contribution in [1.29, 1.82) is 0 Å². The molecule has 1 unspecified atom stereocenters. The topological polar surface area (TPSA) is 24.9 Å². The molecule has 0 spiro atoms. The first kappa shape index (κ1) is 15.1. The normalized spacial score (nSPS) is 12.4. The Balaban J connectivity index is 2.20. The largest absolute Gasteiger partial charge is 0.310 e. The molecule has 1 aromatic carbocycles. The predicted octanol–water partition coefficient (Wildman–Crippen LogP) is 4.18. The summed E-state index contributed by atoms with van der Waals surface area (Å²) in [5, 5.41) is 3.45. The molecule has 1 heterocycles. The fraction of sp³-hybridized carbons (Fsp3) is 0.312. The van der Waals surface area contributed by atoms with Crippen LogP contribution in [0.4, 0.5) is 4.39 Å². The molecule has 2 aromatic rings. The first-order chi connectivity index (χ1) is 9.60. The van der Waals surface area contributed by atoms with E-state index in [1.54, 1.807) is 0 Å². The summed E-state index contributed by atoms with van der Waals surface area (Å²) in [6.07, 6.45) is 2.71. The lowest BCUT2D eigenvalue weighted by Gasteiger charge is -2.18. The SMILES string of the molecule is CCNC(Cc1ccc(F)c(Br)c1)c1ccc(C)nc1. The average Bonchev–Trinajstić information content (AvgIpc) is 2.43. The summed E-state index contributed by atoms with van der Waals surface area (Å²) in [5.74, 6) is -0.231. The molecule has 20 heavy (non-hydrogen) atoms. The molecule has 2 nitrogen and oxygen atoms in total. The second-order valence-corrected chi connectivity index (χ2v) is 5.65. The van der Waals surface area contributed by atoms with Crippen LogP contribution in [0.1, 0.15) is 29.8 Å². The van der Waals surface area contributed by atoms with Crippen LogP contribution in [-0.2, 0) is 6.42 Å². The maximum atomic E-state index is 13.3. The van der Waals surface area contributed by atoms with Crippen LogP contribution in [-0.4, -0.2) is 11.5 Å². The molecule has 0 aliphatic heterocycles. The Kier molecular flexibility index (Phi) is 5.26. The maximum Gasteiger partial charge on any atom is 0.137 e. The van der Waals surface area contributed by atoms with E-state index in [4.69, 9.17) is 0 Å². The summed E-state index contributed by atoms with van der Waals surface area (Å²) >= 11 is 3.23. The van der Waals surface area contributed by atoms with Crippen molar-refractivity contribution in [2.24, 2.45) is 0 Å². The molecule has 1 aromatic heterocycles. The molecule has 0 bridgehead atoms. The maximum absolute atomic E-state index is 13.3. The van der Waals surface area contributed by atoms with Crippen molar-refractivity contribution in [3.8, 4) is 0 Å². The summed E-state index contributed by atoms with van der Waals surface area (Å²) in [6, 6.07) is 9.45. The van der Waals surface area contributed by atoms with Gasteiger partial charge in [-0.3, -0.25) is 4.98 Å². The van der Waals surface area contributed by atoms with E-state index in [9.17, 15) is 4.39 Å². The molecule has 0 saturated carbocycles. The van der Waals surface area contributed by atoms with Crippen LogP contribution >= 0.6 is 15.9 Å². The highest BCUT2D eigenvalue weighted by Crippen LogP contribution is 2.22. The Hall–Kier alpha value is -1.26. The van der Waals surface area contributed by atoms with Gasteiger partial charge in [0.05, 0.1) is 4.47 Å². The molecule has 0 saturated heterocycles. The van der Waals surface area contributed by atoms with Gasteiger partial charge in [0.25, 0.3) is 0 Å². The Morgan fingerprint density at radius 2 is 2.10 bits per heavy atom. The lowest BCUT2D eigenvalue weighted by atomic mass is 10.00. The monoisotopic (exact) mass is 336 g/mol. The van der Waals surface area contributed by atoms with E-state index in [0.29, 0.717) is 4.47 Å². The van der Waals surface area contributed by atoms with Crippen LogP contribution in [0.3, 0.4) is 0 Å². The van der Waals surface area contributed by atoms with Crippen molar-refractivity contribution in [1.82, 2.24) is 10.3 Å². The van der Waals surface area contributed by atoms with E-state index in [-0.39, 0.29) is 11.9 Å². The highest BCUT2D eigenvalue weighted by atomic mass is 79.9. The van der Waals surface area contributed by atoms with Crippen molar-refractivity contribution in [3.05, 3.63) is 63.6 Å². The van der Waals surface area contributed by atoms with E-state index >= 15 is 0 Å². The van der Waals surface area contributed by atoms with Crippen molar-refractivity contribution in [3.63, 3.8) is 0 Å². The molecular formula is C16H18BrFN2. The third kappa shape index (κ3) is 3.87. The van der Waals surface area contributed by atoms with Gasteiger partial charge in [-0.2, -0.15) is 0 Å². The summed E-state index contributed by atoms with van der Waals surface area (Å²) in [5.41, 5.74) is 3.25. The van der Waals surface area contributed by atoms with Crippen LogP contribution in [0, 0.1) is 12.7 Å². The average molecular weight is 337 g/mol. The van der Waals surface area contributed by atoms with Crippen LogP contribution in [0.15, 0.2) is 41.0 Å². The van der Waals surface area contributed by atoms with Gasteiger partial charge in [0, 0.05) is 17.9 Å². The van der Waals surface area contributed by atoms with Gasteiger partial charge in [0.15, 0.2) is 0 Å². The molecule has 0 aliphatic carbocycles. The third-order valence-corrected chi connectivity index (χ3v) is 3.82. The molecule has 106 valence electrons. The van der Waals surface area contributed by atoms with Crippen molar-refractivity contribution >= 4 is 15.9 Å². The second-order valence-electron chi connectivity index (χ2n) is 4.80. The van der Waals surface area contributed by atoms with Crippen molar-refractivity contribution in [2.75, 3.05) is 6.54 Å². The van der Waals surface area contributed by atoms with Crippen molar-refractivity contribution in [2.45, 2.75) is 26.3 Å². The number of halogens is 2. The fourth-order valence-electron chi connectivity index (χ4n) is 2.14. The van der Waals surface area contributed by atoms with Gasteiger partial charge in [-0.05, 0) is 65.1 Å². The highest BCUT2D eigenvalue weighted by molar-refractivity contribution is 9.10. The number of nitrogens with one attached hydrogen (secondary N) is 1. The molecule has 0 aliphatic rings. The quantitative estimate of drug-likeness (QED) is 0.885. The van der Waals surface area contributed by atoms with Crippen LogP contribution in [0.25, 0.3) is 0 Å². The zero-order chi connectivity index (χ0) is 14.5. The molecule has 0 radical (unpaired) electrons. The Morgan fingerprint density at radius 3 is 2.70 bits per heavy atom. The van der Waals surface area contributed by atoms with Gasteiger partial charge in [0.2, 0.25) is 0 Å².